The Kier molecular flexibility index (Phi) is 2.96. The molecule has 1 aromatic heterocycles. The molecule has 3 rings (SSSR count). The van der Waals surface area contributed by atoms with Crippen LogP contribution >= 0.6 is 0 Å². The maximum Gasteiger partial charge on any atom is 0.150 e. The molecule has 0 radical (unpaired) electrons. The molecule has 1 aliphatic rings. The van der Waals surface area contributed by atoms with Gasteiger partial charge in [-0.3, -0.25) is 0 Å². The van der Waals surface area contributed by atoms with E-state index >= 15 is 0 Å². The first-order chi connectivity index (χ1) is 8.79. The van der Waals surface area contributed by atoms with Crippen LogP contribution in [0.3, 0.4) is 0 Å². The van der Waals surface area contributed by atoms with Gasteiger partial charge in [0.2, 0.25) is 0 Å². The second-order valence-electron chi connectivity index (χ2n) is 4.88. The molecular formula is C14H19N3O. The van der Waals surface area contributed by atoms with Crippen molar-refractivity contribution in [3.8, 4) is 0 Å². The molecular weight excluding hydrogens is 226 g/mol. The Balaban J connectivity index is 2.09. The maximum absolute atomic E-state index is 6.08. The van der Waals surface area contributed by atoms with Crippen LogP contribution in [0.15, 0.2) is 18.3 Å². The molecule has 1 aromatic carbocycles. The zero-order valence-corrected chi connectivity index (χ0v) is 10.7. The molecule has 1 aliphatic heterocycles. The minimum Gasteiger partial charge on any atom is -0.398 e. The van der Waals surface area contributed by atoms with Gasteiger partial charge in [-0.2, -0.15) is 5.10 Å². The minimum atomic E-state index is 0.0720. The molecule has 2 aromatic rings. The van der Waals surface area contributed by atoms with Gasteiger partial charge >= 0.3 is 0 Å². The summed E-state index contributed by atoms with van der Waals surface area (Å²) in [7, 11) is 0. The first-order valence-electron chi connectivity index (χ1n) is 6.67. The monoisotopic (exact) mass is 245 g/mol. The van der Waals surface area contributed by atoms with Crippen molar-refractivity contribution in [1.29, 1.82) is 0 Å². The van der Waals surface area contributed by atoms with Crippen molar-refractivity contribution in [2.24, 2.45) is 0 Å². The summed E-state index contributed by atoms with van der Waals surface area (Å²) in [6.45, 7) is 2.97. The van der Waals surface area contributed by atoms with Gasteiger partial charge in [0.15, 0.2) is 6.23 Å². The number of aryl methyl sites for hydroxylation is 1. The fourth-order valence-electron chi connectivity index (χ4n) is 2.58. The van der Waals surface area contributed by atoms with Gasteiger partial charge < -0.3 is 10.5 Å². The first-order valence-corrected chi connectivity index (χ1v) is 6.67. The van der Waals surface area contributed by atoms with Gasteiger partial charge in [-0.15, -0.1) is 0 Å². The molecule has 1 saturated heterocycles. The predicted molar refractivity (Wildman–Crippen MR) is 72.4 cm³/mol. The van der Waals surface area contributed by atoms with E-state index in [4.69, 9.17) is 10.5 Å². The highest BCUT2D eigenvalue weighted by molar-refractivity contribution is 5.91. The summed E-state index contributed by atoms with van der Waals surface area (Å²) < 4.78 is 7.79. The first kappa shape index (κ1) is 11.5. The lowest BCUT2D eigenvalue weighted by Crippen LogP contribution is -2.19. The molecule has 4 nitrogen and oxygen atoms in total. The average molecular weight is 245 g/mol. The van der Waals surface area contributed by atoms with Crippen LogP contribution in [0.5, 0.6) is 0 Å². The van der Waals surface area contributed by atoms with Gasteiger partial charge in [0.05, 0.1) is 11.7 Å². The Bertz CT molecular complexity index is 555. The standard InChI is InChI=1S/C14H19N3O/c1-2-10-7-12(15)11-9-16-17(13(11)8-10)14-5-3-4-6-18-14/h7-9,14H,2-6,15H2,1H3. The molecule has 0 saturated carbocycles. The van der Waals surface area contributed by atoms with Crippen LogP contribution in [0.2, 0.25) is 0 Å². The van der Waals surface area contributed by atoms with Crippen LogP contribution in [-0.2, 0) is 11.2 Å². The highest BCUT2D eigenvalue weighted by Gasteiger charge is 2.19. The van der Waals surface area contributed by atoms with E-state index < -0.39 is 0 Å². The molecule has 0 bridgehead atoms. The van der Waals surface area contributed by atoms with Crippen LogP contribution in [-0.4, -0.2) is 16.4 Å². The van der Waals surface area contributed by atoms with E-state index in [1.807, 2.05) is 16.9 Å². The van der Waals surface area contributed by atoms with Crippen LogP contribution in [0.1, 0.15) is 38.0 Å². The van der Waals surface area contributed by atoms with E-state index in [0.29, 0.717) is 0 Å². The molecule has 96 valence electrons. The summed E-state index contributed by atoms with van der Waals surface area (Å²) in [5, 5.41) is 5.50. The normalized spacial score (nSPS) is 20.4. The SMILES string of the molecule is CCc1cc(N)c2cnn(C3CCCCO3)c2c1. The van der Waals surface area contributed by atoms with E-state index in [0.717, 1.165) is 42.5 Å². The Labute approximate surface area is 107 Å². The number of anilines is 1. The van der Waals surface area contributed by atoms with Crippen molar-refractivity contribution in [3.05, 3.63) is 23.9 Å². The molecule has 2 N–H and O–H groups in total. The van der Waals surface area contributed by atoms with Crippen molar-refractivity contribution >= 4 is 16.6 Å². The van der Waals surface area contributed by atoms with Crippen LogP contribution in [0.4, 0.5) is 5.69 Å². The maximum atomic E-state index is 6.08. The number of hydrogen-bond donors (Lipinski definition) is 1. The van der Waals surface area contributed by atoms with E-state index in [1.54, 1.807) is 0 Å². The number of aromatic nitrogens is 2. The van der Waals surface area contributed by atoms with Crippen LogP contribution in [0.25, 0.3) is 10.9 Å². The summed E-state index contributed by atoms with van der Waals surface area (Å²) in [5.41, 5.74) is 9.24. The number of rotatable bonds is 2. The van der Waals surface area contributed by atoms with E-state index in [1.165, 1.54) is 12.0 Å². The highest BCUT2D eigenvalue weighted by atomic mass is 16.5. The second-order valence-corrected chi connectivity index (χ2v) is 4.88. The zero-order valence-electron chi connectivity index (χ0n) is 10.7. The van der Waals surface area contributed by atoms with Crippen LogP contribution in [0, 0.1) is 0 Å². The molecule has 0 spiro atoms. The Hall–Kier alpha value is -1.55. The quantitative estimate of drug-likeness (QED) is 0.828. The van der Waals surface area contributed by atoms with Gasteiger partial charge in [-0.05, 0) is 43.4 Å². The Morgan fingerprint density at radius 3 is 3.06 bits per heavy atom. The Morgan fingerprint density at radius 1 is 1.44 bits per heavy atom. The van der Waals surface area contributed by atoms with Crippen molar-refractivity contribution in [1.82, 2.24) is 9.78 Å². The number of nitrogens with two attached hydrogens (primary N) is 1. The third-order valence-corrected chi connectivity index (χ3v) is 3.64. The molecule has 0 amide bonds. The molecule has 1 unspecified atom stereocenters. The van der Waals surface area contributed by atoms with Crippen LogP contribution < -0.4 is 5.73 Å². The van der Waals surface area contributed by atoms with Crippen molar-refractivity contribution in [3.63, 3.8) is 0 Å². The topological polar surface area (TPSA) is 53.1 Å². The fourth-order valence-corrected chi connectivity index (χ4v) is 2.58. The van der Waals surface area contributed by atoms with E-state index in [-0.39, 0.29) is 6.23 Å². The second kappa shape index (κ2) is 4.61. The lowest BCUT2D eigenvalue weighted by molar-refractivity contribution is -0.0366. The fraction of sp³-hybridized carbons (Fsp3) is 0.500. The van der Waals surface area contributed by atoms with Gasteiger partial charge in [0.1, 0.15) is 0 Å². The van der Waals surface area contributed by atoms with Gasteiger partial charge in [-0.25, -0.2) is 4.68 Å². The van der Waals surface area contributed by atoms with Gasteiger partial charge in [0.25, 0.3) is 0 Å². The highest BCUT2D eigenvalue weighted by Crippen LogP contribution is 2.29. The third-order valence-electron chi connectivity index (χ3n) is 3.64. The van der Waals surface area contributed by atoms with Gasteiger partial charge in [-0.1, -0.05) is 6.92 Å². The molecule has 2 heterocycles. The average Bonchev–Trinajstić information content (AvgIpc) is 2.84. The summed E-state index contributed by atoms with van der Waals surface area (Å²) >= 11 is 0. The number of hydrogen-bond acceptors (Lipinski definition) is 3. The predicted octanol–water partition coefficient (Wildman–Crippen LogP) is 2.88. The van der Waals surface area contributed by atoms with E-state index in [9.17, 15) is 0 Å². The van der Waals surface area contributed by atoms with Crippen molar-refractivity contribution in [2.75, 3.05) is 12.3 Å². The number of fused-ring (bicyclic) bond motifs is 1. The zero-order chi connectivity index (χ0) is 12.5. The van der Waals surface area contributed by atoms with Crippen molar-refractivity contribution in [2.45, 2.75) is 38.8 Å². The third kappa shape index (κ3) is 1.86. The van der Waals surface area contributed by atoms with E-state index in [2.05, 4.69) is 18.1 Å². The van der Waals surface area contributed by atoms with Crippen molar-refractivity contribution < 1.29 is 4.74 Å². The molecule has 1 fully saturated rings. The molecule has 4 heteroatoms. The number of nitrogen functional groups attached to an aromatic ring is 1. The summed E-state index contributed by atoms with van der Waals surface area (Å²) in [6.07, 6.45) is 6.29. The summed E-state index contributed by atoms with van der Waals surface area (Å²) in [5.74, 6) is 0. The Morgan fingerprint density at radius 2 is 2.33 bits per heavy atom. The minimum absolute atomic E-state index is 0.0720. The molecule has 0 aliphatic carbocycles. The number of benzene rings is 1. The number of ether oxygens (including phenoxy) is 1. The number of nitrogens with zero attached hydrogens (tertiary/aromatic N) is 2. The smallest absolute Gasteiger partial charge is 0.150 e. The lowest BCUT2D eigenvalue weighted by Gasteiger charge is -2.23. The summed E-state index contributed by atoms with van der Waals surface area (Å²) in [6, 6.07) is 4.22. The molecule has 18 heavy (non-hydrogen) atoms. The summed E-state index contributed by atoms with van der Waals surface area (Å²) in [4.78, 5) is 0. The lowest BCUT2D eigenvalue weighted by atomic mass is 10.1. The largest absolute Gasteiger partial charge is 0.398 e. The van der Waals surface area contributed by atoms with Gasteiger partial charge in [0, 0.05) is 17.7 Å². The molecule has 1 atom stereocenters.